The molecule has 2 aromatic carbocycles. The molecule has 0 atom stereocenters. The van der Waals surface area contributed by atoms with Gasteiger partial charge in [0.1, 0.15) is 5.57 Å². The Hall–Kier alpha value is -3.68. The van der Waals surface area contributed by atoms with Crippen molar-refractivity contribution >= 4 is 29.3 Å². The smallest absolute Gasteiger partial charge is 0.282 e. The van der Waals surface area contributed by atoms with Gasteiger partial charge in [-0.25, -0.2) is 5.01 Å². The zero-order chi connectivity index (χ0) is 19.0. The van der Waals surface area contributed by atoms with Crippen LogP contribution in [0.4, 0.5) is 11.4 Å². The van der Waals surface area contributed by atoms with Crippen molar-refractivity contribution in [2.24, 2.45) is 0 Å². The van der Waals surface area contributed by atoms with Crippen LogP contribution in [0, 0.1) is 24.0 Å². The van der Waals surface area contributed by atoms with Crippen LogP contribution in [-0.2, 0) is 9.59 Å². The minimum atomic E-state index is -0.852. The van der Waals surface area contributed by atoms with Crippen molar-refractivity contribution in [1.82, 2.24) is 5.43 Å². The number of anilines is 1. The molecule has 0 unspecified atom stereocenters. The maximum absolute atomic E-state index is 12.6. The van der Waals surface area contributed by atoms with E-state index in [0.29, 0.717) is 5.69 Å². The third-order valence-electron chi connectivity index (χ3n) is 4.16. The van der Waals surface area contributed by atoms with E-state index in [1.165, 1.54) is 12.1 Å². The van der Waals surface area contributed by atoms with Gasteiger partial charge in [0, 0.05) is 6.07 Å². The number of aryl methyl sites for hydroxylation is 2. The maximum atomic E-state index is 12.6. The Bertz CT molecular complexity index is 981. The summed E-state index contributed by atoms with van der Waals surface area (Å²) in [5, 5.41) is 24.1. The van der Waals surface area contributed by atoms with Crippen molar-refractivity contribution in [3.05, 3.63) is 68.8 Å². The molecule has 0 aromatic heterocycles. The number of benzene rings is 2. The number of amides is 2. The fourth-order valence-corrected chi connectivity index (χ4v) is 2.56. The highest BCUT2D eigenvalue weighted by Gasteiger charge is 2.34. The summed E-state index contributed by atoms with van der Waals surface area (Å²) >= 11 is 0. The molecule has 1 fully saturated rings. The quantitative estimate of drug-likeness (QED) is 0.391. The van der Waals surface area contributed by atoms with Gasteiger partial charge in [-0.1, -0.05) is 18.2 Å². The van der Waals surface area contributed by atoms with Gasteiger partial charge < -0.3 is 5.11 Å². The minimum Gasteiger partial charge on any atom is -0.867 e. The molecule has 3 rings (SSSR count). The molecule has 132 valence electrons. The summed E-state index contributed by atoms with van der Waals surface area (Å²) in [6.45, 7) is 3.80. The summed E-state index contributed by atoms with van der Waals surface area (Å²) in [7, 11) is 0. The van der Waals surface area contributed by atoms with E-state index in [4.69, 9.17) is 0 Å². The normalized spacial score (nSPS) is 15.5. The van der Waals surface area contributed by atoms with E-state index in [9.17, 15) is 24.8 Å². The second kappa shape index (κ2) is 6.32. The van der Waals surface area contributed by atoms with Crippen molar-refractivity contribution in [1.29, 1.82) is 0 Å². The van der Waals surface area contributed by atoms with E-state index in [-0.39, 0.29) is 11.1 Å². The molecule has 1 N–H and O–H groups in total. The van der Waals surface area contributed by atoms with Gasteiger partial charge in [0.25, 0.3) is 17.5 Å². The van der Waals surface area contributed by atoms with E-state index in [1.54, 1.807) is 12.1 Å². The molecule has 1 heterocycles. The molecule has 26 heavy (non-hydrogen) atoms. The highest BCUT2D eigenvalue weighted by Crippen LogP contribution is 2.30. The average Bonchev–Trinajstić information content (AvgIpc) is 2.87. The lowest BCUT2D eigenvalue weighted by Gasteiger charge is -2.16. The number of hydrogen-bond donors (Lipinski definition) is 1. The van der Waals surface area contributed by atoms with Crippen LogP contribution < -0.4 is 15.5 Å². The van der Waals surface area contributed by atoms with Gasteiger partial charge >= 0.3 is 0 Å². The summed E-state index contributed by atoms with van der Waals surface area (Å²) in [4.78, 5) is 34.8. The van der Waals surface area contributed by atoms with E-state index in [0.717, 1.165) is 28.3 Å². The fraction of sp³-hybridized carbons (Fsp3) is 0.111. The molecule has 0 saturated carbocycles. The maximum Gasteiger partial charge on any atom is 0.282 e. The Kier molecular flexibility index (Phi) is 4.17. The molecule has 8 heteroatoms. The third kappa shape index (κ3) is 2.88. The Morgan fingerprint density at radius 2 is 1.85 bits per heavy atom. The topological polar surface area (TPSA) is 116 Å². The first kappa shape index (κ1) is 17.2. The molecule has 1 aliphatic heterocycles. The highest BCUT2D eigenvalue weighted by atomic mass is 16.6. The van der Waals surface area contributed by atoms with Crippen molar-refractivity contribution in [2.45, 2.75) is 13.8 Å². The van der Waals surface area contributed by atoms with E-state index in [2.05, 4.69) is 5.43 Å². The molecular formula is C18H14N3O5-. The summed E-state index contributed by atoms with van der Waals surface area (Å²) in [5.74, 6) is -2.17. The van der Waals surface area contributed by atoms with Crippen molar-refractivity contribution < 1.29 is 19.6 Å². The largest absolute Gasteiger partial charge is 0.867 e. The van der Waals surface area contributed by atoms with Crippen LogP contribution >= 0.6 is 0 Å². The molecule has 0 spiro atoms. The SMILES string of the molecule is Cc1ccc(N2NC(=O)/C(=C\c3cccc([N+](=O)[O-])c3[O-])C2=O)cc1C. The first-order valence-corrected chi connectivity index (χ1v) is 7.68. The van der Waals surface area contributed by atoms with Crippen molar-refractivity contribution in [3.63, 3.8) is 0 Å². The van der Waals surface area contributed by atoms with Crippen molar-refractivity contribution in [3.8, 4) is 5.75 Å². The molecule has 2 aromatic rings. The molecule has 1 aliphatic rings. The van der Waals surface area contributed by atoms with Crippen LogP contribution in [0.5, 0.6) is 5.75 Å². The van der Waals surface area contributed by atoms with Gasteiger partial charge in [-0.2, -0.15) is 0 Å². The molecular weight excluding hydrogens is 338 g/mol. The molecule has 1 saturated heterocycles. The predicted molar refractivity (Wildman–Crippen MR) is 92.1 cm³/mol. The molecule has 8 nitrogen and oxygen atoms in total. The zero-order valence-corrected chi connectivity index (χ0v) is 14.0. The zero-order valence-electron chi connectivity index (χ0n) is 14.0. The summed E-state index contributed by atoms with van der Waals surface area (Å²) in [6, 6.07) is 8.98. The van der Waals surface area contributed by atoms with Gasteiger partial charge in [-0.15, -0.1) is 0 Å². The average molecular weight is 352 g/mol. The van der Waals surface area contributed by atoms with E-state index < -0.39 is 28.2 Å². The fourth-order valence-electron chi connectivity index (χ4n) is 2.56. The van der Waals surface area contributed by atoms with Gasteiger partial charge in [-0.05, 0) is 54.5 Å². The number of nitrogens with zero attached hydrogens (tertiary/aromatic N) is 2. The van der Waals surface area contributed by atoms with Crippen molar-refractivity contribution in [2.75, 3.05) is 5.01 Å². The Morgan fingerprint density at radius 3 is 2.50 bits per heavy atom. The highest BCUT2D eigenvalue weighted by molar-refractivity contribution is 6.31. The lowest BCUT2D eigenvalue weighted by Crippen LogP contribution is -2.35. The number of hydrogen-bond acceptors (Lipinski definition) is 5. The van der Waals surface area contributed by atoms with Crippen LogP contribution in [-0.4, -0.2) is 16.7 Å². The molecule has 0 aliphatic carbocycles. The Labute approximate surface area is 148 Å². The number of hydrazine groups is 1. The van der Waals surface area contributed by atoms with Gasteiger partial charge in [0.2, 0.25) is 0 Å². The van der Waals surface area contributed by atoms with Crippen LogP contribution in [0.1, 0.15) is 16.7 Å². The first-order chi connectivity index (χ1) is 12.3. The number of carbonyl (C=O) groups excluding carboxylic acids is 2. The van der Waals surface area contributed by atoms with Crippen LogP contribution in [0.2, 0.25) is 0 Å². The summed E-state index contributed by atoms with van der Waals surface area (Å²) in [6.07, 6.45) is 1.08. The number of rotatable bonds is 3. The molecule has 2 amide bonds. The summed E-state index contributed by atoms with van der Waals surface area (Å²) in [5.41, 5.74) is 3.93. The van der Waals surface area contributed by atoms with E-state index in [1.807, 2.05) is 19.9 Å². The van der Waals surface area contributed by atoms with Crippen LogP contribution in [0.25, 0.3) is 6.08 Å². The van der Waals surface area contributed by atoms with Crippen LogP contribution in [0.3, 0.4) is 0 Å². The molecule has 0 radical (unpaired) electrons. The second-order valence-corrected chi connectivity index (χ2v) is 5.86. The summed E-state index contributed by atoms with van der Waals surface area (Å²) < 4.78 is 0. The van der Waals surface area contributed by atoms with E-state index >= 15 is 0 Å². The number of para-hydroxylation sites is 1. The first-order valence-electron chi connectivity index (χ1n) is 7.68. The number of nitrogens with one attached hydrogen (secondary N) is 1. The predicted octanol–water partition coefficient (Wildman–Crippen LogP) is 1.75. The second-order valence-electron chi connectivity index (χ2n) is 5.86. The Balaban J connectivity index is 1.99. The third-order valence-corrected chi connectivity index (χ3v) is 4.16. The molecule has 0 bridgehead atoms. The van der Waals surface area contributed by atoms with Gasteiger partial charge in [0.05, 0.1) is 10.6 Å². The monoisotopic (exact) mass is 352 g/mol. The standard InChI is InChI=1S/C18H15N3O5/c1-10-6-7-13(8-11(10)2)20-18(24)14(17(23)19-20)9-12-4-3-5-15(16(12)22)21(25)26/h3-9,22H,1-2H3,(H,19,23)/p-1/b14-9+. The van der Waals surface area contributed by atoms with Gasteiger partial charge in [-0.3, -0.25) is 25.1 Å². The van der Waals surface area contributed by atoms with Gasteiger partial charge in [0.15, 0.2) is 0 Å². The minimum absolute atomic E-state index is 0.0976. The number of carbonyl (C=O) groups is 2. The number of nitro benzene ring substituents is 1. The number of nitro groups is 1. The Morgan fingerprint density at radius 1 is 1.12 bits per heavy atom. The lowest BCUT2D eigenvalue weighted by atomic mass is 10.1. The van der Waals surface area contributed by atoms with Crippen LogP contribution in [0.15, 0.2) is 42.0 Å². The lowest BCUT2D eigenvalue weighted by molar-refractivity contribution is -0.398.